The first-order valence-electron chi connectivity index (χ1n) is 10.00. The van der Waals surface area contributed by atoms with E-state index in [4.69, 9.17) is 9.05 Å². The van der Waals surface area contributed by atoms with Crippen LogP contribution in [0.5, 0.6) is 0 Å². The van der Waals surface area contributed by atoms with Gasteiger partial charge in [-0.3, -0.25) is 4.79 Å². The predicted molar refractivity (Wildman–Crippen MR) is 117 cm³/mol. The molecule has 3 aromatic heterocycles. The van der Waals surface area contributed by atoms with Crippen molar-refractivity contribution in [2.45, 2.75) is 39.5 Å². The minimum Gasteiger partial charge on any atom is -0.369 e. The third-order valence-electron chi connectivity index (χ3n) is 4.71. The van der Waals surface area contributed by atoms with Gasteiger partial charge in [0.25, 0.3) is 0 Å². The molecule has 1 amide bonds. The molecule has 0 aliphatic heterocycles. The highest BCUT2D eigenvalue weighted by molar-refractivity contribution is 5.95. The van der Waals surface area contributed by atoms with Gasteiger partial charge in [0.15, 0.2) is 5.82 Å². The number of aryl methyl sites for hydroxylation is 1. The first-order valence-corrected chi connectivity index (χ1v) is 10.00. The van der Waals surface area contributed by atoms with Crippen LogP contribution in [-0.2, 0) is 10.2 Å². The molecule has 9 heteroatoms. The number of rotatable bonds is 6. The quantitative estimate of drug-likeness (QED) is 0.473. The maximum atomic E-state index is 12.3. The van der Waals surface area contributed by atoms with Crippen molar-refractivity contribution < 1.29 is 13.8 Å². The van der Waals surface area contributed by atoms with Crippen LogP contribution in [0.15, 0.2) is 45.6 Å². The van der Waals surface area contributed by atoms with Crippen LogP contribution in [0.25, 0.3) is 22.2 Å². The smallest absolute Gasteiger partial charge is 0.227 e. The van der Waals surface area contributed by atoms with Gasteiger partial charge in [0, 0.05) is 48.5 Å². The first-order chi connectivity index (χ1) is 14.8. The van der Waals surface area contributed by atoms with Crippen LogP contribution in [0, 0.1) is 6.92 Å². The average Bonchev–Trinajstić information content (AvgIpc) is 3.37. The van der Waals surface area contributed by atoms with E-state index in [-0.39, 0.29) is 17.7 Å². The summed E-state index contributed by atoms with van der Waals surface area (Å²) in [5.74, 6) is 2.68. The summed E-state index contributed by atoms with van der Waals surface area (Å²) in [6.45, 7) is 8.22. The van der Waals surface area contributed by atoms with Crippen molar-refractivity contribution in [3.8, 4) is 11.4 Å². The maximum Gasteiger partial charge on any atom is 0.227 e. The molecule has 0 fully saturated rings. The molecular formula is C22H24N6O3. The van der Waals surface area contributed by atoms with Gasteiger partial charge in [0.05, 0.1) is 0 Å². The Bertz CT molecular complexity index is 1220. The molecule has 0 radical (unpaired) electrons. The number of nitrogens with zero attached hydrogens (tertiary/aromatic N) is 4. The fourth-order valence-electron chi connectivity index (χ4n) is 3.05. The molecule has 3 heterocycles. The van der Waals surface area contributed by atoms with E-state index in [9.17, 15) is 4.79 Å². The number of nitrogens with one attached hydrogen (secondary N) is 2. The monoisotopic (exact) mass is 420 g/mol. The van der Waals surface area contributed by atoms with Gasteiger partial charge in [-0.1, -0.05) is 43.2 Å². The Balaban J connectivity index is 1.41. The molecule has 0 spiro atoms. The van der Waals surface area contributed by atoms with Gasteiger partial charge in [-0.05, 0) is 17.5 Å². The summed E-state index contributed by atoms with van der Waals surface area (Å²) in [5, 5.41) is 15.8. The van der Waals surface area contributed by atoms with Gasteiger partial charge in [-0.2, -0.15) is 4.98 Å². The zero-order valence-electron chi connectivity index (χ0n) is 17.9. The summed E-state index contributed by atoms with van der Waals surface area (Å²) in [4.78, 5) is 21.0. The molecule has 0 bridgehead atoms. The Hall–Kier alpha value is -3.75. The summed E-state index contributed by atoms with van der Waals surface area (Å²) >= 11 is 0. The Morgan fingerprint density at radius 3 is 2.65 bits per heavy atom. The van der Waals surface area contributed by atoms with E-state index < -0.39 is 0 Å². The number of amides is 1. The van der Waals surface area contributed by atoms with E-state index in [0.717, 1.165) is 16.3 Å². The van der Waals surface area contributed by atoms with E-state index in [2.05, 4.69) is 30.9 Å². The molecule has 0 saturated carbocycles. The van der Waals surface area contributed by atoms with Gasteiger partial charge in [-0.15, -0.1) is 0 Å². The third kappa shape index (κ3) is 4.71. The lowest BCUT2D eigenvalue weighted by molar-refractivity contribution is -0.116. The molecule has 1 aromatic carbocycles. The van der Waals surface area contributed by atoms with Crippen LogP contribution in [0.4, 0.5) is 11.6 Å². The van der Waals surface area contributed by atoms with Crippen LogP contribution in [0.2, 0.25) is 0 Å². The van der Waals surface area contributed by atoms with Crippen LogP contribution in [0.3, 0.4) is 0 Å². The molecular weight excluding hydrogens is 396 g/mol. The number of aromatic nitrogens is 4. The molecule has 0 atom stereocenters. The molecule has 9 nitrogen and oxygen atoms in total. The highest BCUT2D eigenvalue weighted by Crippen LogP contribution is 2.27. The lowest BCUT2D eigenvalue weighted by Gasteiger charge is -2.12. The second-order valence-electron chi connectivity index (χ2n) is 8.28. The summed E-state index contributed by atoms with van der Waals surface area (Å²) in [5.41, 5.74) is 0.662. The molecule has 2 N–H and O–H groups in total. The van der Waals surface area contributed by atoms with Crippen LogP contribution in [0.1, 0.15) is 38.8 Å². The fraction of sp³-hybridized carbons (Fsp3) is 0.318. The summed E-state index contributed by atoms with van der Waals surface area (Å²) in [7, 11) is 0. The predicted octanol–water partition coefficient (Wildman–Crippen LogP) is 4.32. The number of hydrogen-bond acceptors (Lipinski definition) is 8. The van der Waals surface area contributed by atoms with E-state index in [1.807, 2.05) is 45.0 Å². The Labute approximate surface area is 179 Å². The number of carbonyl (C=O) groups is 1. The van der Waals surface area contributed by atoms with Crippen molar-refractivity contribution in [2.24, 2.45) is 0 Å². The normalized spacial score (nSPS) is 11.6. The van der Waals surface area contributed by atoms with Crippen molar-refractivity contribution in [3.05, 3.63) is 48.2 Å². The minimum absolute atomic E-state index is 0.163. The molecule has 0 aliphatic carbocycles. The number of pyridine rings is 1. The Kier molecular flexibility index (Phi) is 5.41. The fourth-order valence-corrected chi connectivity index (χ4v) is 3.05. The number of benzene rings is 1. The van der Waals surface area contributed by atoms with Crippen LogP contribution in [-0.4, -0.2) is 32.7 Å². The lowest BCUT2D eigenvalue weighted by atomic mass is 9.93. The van der Waals surface area contributed by atoms with Crippen molar-refractivity contribution in [2.75, 3.05) is 17.2 Å². The van der Waals surface area contributed by atoms with Gasteiger partial charge in [-0.25, -0.2) is 4.98 Å². The molecule has 31 heavy (non-hydrogen) atoms. The van der Waals surface area contributed by atoms with Crippen LogP contribution >= 0.6 is 0 Å². The standard InChI is InChI=1S/C22H24N6O3/c1-13-25-20(28-30-13)15-6-5-14-7-9-23-21(16(14)11-15)24-10-8-19(29)26-18-12-17(31-27-18)22(2,3)4/h5-7,9,11-12H,8,10H2,1-4H3,(H,23,24)(H,26,27,29). The largest absolute Gasteiger partial charge is 0.369 e. The molecule has 4 rings (SSSR count). The Morgan fingerprint density at radius 1 is 1.10 bits per heavy atom. The summed E-state index contributed by atoms with van der Waals surface area (Å²) in [6, 6.07) is 9.55. The van der Waals surface area contributed by atoms with Gasteiger partial charge in [0.2, 0.25) is 17.6 Å². The molecule has 160 valence electrons. The second kappa shape index (κ2) is 8.17. The third-order valence-corrected chi connectivity index (χ3v) is 4.71. The van der Waals surface area contributed by atoms with Gasteiger partial charge >= 0.3 is 0 Å². The lowest BCUT2D eigenvalue weighted by Crippen LogP contribution is -2.17. The highest BCUT2D eigenvalue weighted by Gasteiger charge is 2.20. The summed E-state index contributed by atoms with van der Waals surface area (Å²) in [6.07, 6.45) is 1.98. The van der Waals surface area contributed by atoms with E-state index in [0.29, 0.717) is 35.7 Å². The Morgan fingerprint density at radius 2 is 1.94 bits per heavy atom. The van der Waals surface area contributed by atoms with E-state index >= 15 is 0 Å². The topological polar surface area (TPSA) is 119 Å². The second-order valence-corrected chi connectivity index (χ2v) is 8.28. The average molecular weight is 420 g/mol. The number of anilines is 2. The van der Waals surface area contributed by atoms with Crippen molar-refractivity contribution in [1.29, 1.82) is 0 Å². The number of fused-ring (bicyclic) bond motifs is 1. The maximum absolute atomic E-state index is 12.3. The highest BCUT2D eigenvalue weighted by atomic mass is 16.5. The van der Waals surface area contributed by atoms with Crippen molar-refractivity contribution in [1.82, 2.24) is 20.3 Å². The SMILES string of the molecule is Cc1nc(-c2ccc3ccnc(NCCC(=O)Nc4cc(C(C)(C)C)on4)c3c2)no1. The number of carbonyl (C=O) groups excluding carboxylic acids is 1. The molecule has 0 saturated heterocycles. The zero-order chi connectivity index (χ0) is 22.0. The van der Waals surface area contributed by atoms with Crippen LogP contribution < -0.4 is 10.6 Å². The van der Waals surface area contributed by atoms with E-state index in [1.165, 1.54) is 0 Å². The number of hydrogen-bond donors (Lipinski definition) is 2. The van der Waals surface area contributed by atoms with Crippen molar-refractivity contribution >= 4 is 28.3 Å². The molecule has 0 unspecified atom stereocenters. The minimum atomic E-state index is -0.170. The molecule has 0 aliphatic rings. The zero-order valence-corrected chi connectivity index (χ0v) is 17.9. The summed E-state index contributed by atoms with van der Waals surface area (Å²) < 4.78 is 10.4. The molecule has 4 aromatic rings. The van der Waals surface area contributed by atoms with Gasteiger partial charge in [0.1, 0.15) is 11.6 Å². The first kappa shape index (κ1) is 20.5. The van der Waals surface area contributed by atoms with E-state index in [1.54, 1.807) is 19.2 Å². The van der Waals surface area contributed by atoms with Crippen molar-refractivity contribution in [3.63, 3.8) is 0 Å². The van der Waals surface area contributed by atoms with Gasteiger partial charge < -0.3 is 19.7 Å².